The third-order valence-corrected chi connectivity index (χ3v) is 5.66. The Kier molecular flexibility index (Phi) is 3.70. The summed E-state index contributed by atoms with van der Waals surface area (Å²) in [6.07, 6.45) is 1.70. The molecule has 1 aliphatic heterocycles. The Bertz CT molecular complexity index is 920. The topological polar surface area (TPSA) is 96.1 Å². The summed E-state index contributed by atoms with van der Waals surface area (Å²) < 4.78 is 22.8. The fourth-order valence-corrected chi connectivity index (χ4v) is 4.38. The number of hydrogen-bond donors (Lipinski definition) is 2. The molecular formula is C14H13ClN2O4S. The molecule has 1 aromatic carbocycles. The third-order valence-electron chi connectivity index (χ3n) is 3.66. The number of benzene rings is 1. The summed E-state index contributed by atoms with van der Waals surface area (Å²) in [6.45, 7) is 0. The minimum absolute atomic E-state index is 0.0564. The molecule has 0 saturated carbocycles. The van der Waals surface area contributed by atoms with E-state index in [0.717, 1.165) is 0 Å². The molecule has 1 aromatic heterocycles. The molecule has 1 saturated heterocycles. The maximum Gasteiger partial charge on any atom is 0.257 e. The molecule has 8 heteroatoms. The SMILES string of the molecule is O=C(NC1CCS(=O)(=O)C1)c1c[nH]c2ccc(Cl)cc2c1=O. The van der Waals surface area contributed by atoms with Crippen molar-refractivity contribution in [2.75, 3.05) is 11.5 Å². The standard InChI is InChI=1S/C14H13ClN2O4S/c15-8-1-2-12-10(5-8)13(18)11(6-16-12)14(19)17-9-3-4-22(20,21)7-9/h1-2,5-6,9H,3-4,7H2,(H,16,18)(H,17,19). The van der Waals surface area contributed by atoms with E-state index in [0.29, 0.717) is 22.3 Å². The average Bonchev–Trinajstić information content (AvgIpc) is 2.79. The van der Waals surface area contributed by atoms with E-state index in [1.54, 1.807) is 12.1 Å². The highest BCUT2D eigenvalue weighted by molar-refractivity contribution is 7.91. The van der Waals surface area contributed by atoms with Crippen molar-refractivity contribution in [1.29, 1.82) is 0 Å². The van der Waals surface area contributed by atoms with Gasteiger partial charge in [-0.05, 0) is 24.6 Å². The number of amides is 1. The lowest BCUT2D eigenvalue weighted by molar-refractivity contribution is 0.0940. The Hall–Kier alpha value is -1.86. The van der Waals surface area contributed by atoms with Crippen LogP contribution in [0.4, 0.5) is 0 Å². The minimum Gasteiger partial charge on any atom is -0.360 e. The van der Waals surface area contributed by atoms with E-state index >= 15 is 0 Å². The first kappa shape index (κ1) is 15.1. The number of fused-ring (bicyclic) bond motifs is 1. The van der Waals surface area contributed by atoms with Gasteiger partial charge in [0.05, 0.1) is 11.5 Å². The zero-order valence-corrected chi connectivity index (χ0v) is 13.0. The van der Waals surface area contributed by atoms with E-state index in [1.807, 2.05) is 0 Å². The fourth-order valence-electron chi connectivity index (χ4n) is 2.53. The fraction of sp³-hybridized carbons (Fsp3) is 0.286. The molecule has 116 valence electrons. The van der Waals surface area contributed by atoms with E-state index in [1.165, 1.54) is 12.3 Å². The van der Waals surface area contributed by atoms with E-state index in [9.17, 15) is 18.0 Å². The number of H-pyrrole nitrogens is 1. The average molecular weight is 341 g/mol. The molecular weight excluding hydrogens is 328 g/mol. The zero-order valence-electron chi connectivity index (χ0n) is 11.4. The highest BCUT2D eigenvalue weighted by Gasteiger charge is 2.29. The van der Waals surface area contributed by atoms with Crippen molar-refractivity contribution in [3.8, 4) is 0 Å². The normalized spacial score (nSPS) is 20.1. The van der Waals surface area contributed by atoms with Gasteiger partial charge in [-0.25, -0.2) is 8.42 Å². The summed E-state index contributed by atoms with van der Waals surface area (Å²) in [6, 6.07) is 4.34. The molecule has 0 aliphatic carbocycles. The first-order chi connectivity index (χ1) is 10.4. The van der Waals surface area contributed by atoms with E-state index in [4.69, 9.17) is 11.6 Å². The summed E-state index contributed by atoms with van der Waals surface area (Å²) in [5, 5.41) is 3.32. The van der Waals surface area contributed by atoms with Crippen LogP contribution in [0.3, 0.4) is 0 Å². The van der Waals surface area contributed by atoms with Crippen LogP contribution in [0.1, 0.15) is 16.8 Å². The molecule has 0 radical (unpaired) electrons. The molecule has 1 unspecified atom stereocenters. The number of rotatable bonds is 2. The van der Waals surface area contributed by atoms with Gasteiger partial charge in [-0.15, -0.1) is 0 Å². The first-order valence-corrected chi connectivity index (χ1v) is 8.88. The molecule has 1 fully saturated rings. The molecule has 2 heterocycles. The van der Waals surface area contributed by atoms with Crippen molar-refractivity contribution in [2.45, 2.75) is 12.5 Å². The summed E-state index contributed by atoms with van der Waals surface area (Å²) >= 11 is 5.87. The summed E-state index contributed by atoms with van der Waals surface area (Å²) in [4.78, 5) is 27.4. The van der Waals surface area contributed by atoms with Crippen LogP contribution in [0, 0.1) is 0 Å². The van der Waals surface area contributed by atoms with Crippen LogP contribution in [0.25, 0.3) is 10.9 Å². The van der Waals surface area contributed by atoms with Crippen molar-refractivity contribution < 1.29 is 13.2 Å². The number of halogens is 1. The van der Waals surface area contributed by atoms with Gasteiger partial charge in [0.2, 0.25) is 5.43 Å². The Labute approximate surface area is 131 Å². The highest BCUT2D eigenvalue weighted by atomic mass is 35.5. The number of pyridine rings is 1. The molecule has 1 aliphatic rings. The second kappa shape index (κ2) is 5.40. The summed E-state index contributed by atoms with van der Waals surface area (Å²) in [5.74, 6) is -0.609. The lowest BCUT2D eigenvalue weighted by atomic mass is 10.1. The van der Waals surface area contributed by atoms with Crippen molar-refractivity contribution in [1.82, 2.24) is 10.3 Å². The molecule has 0 spiro atoms. The Morgan fingerprint density at radius 3 is 2.82 bits per heavy atom. The van der Waals surface area contributed by atoms with Crippen molar-refractivity contribution in [3.05, 3.63) is 45.2 Å². The highest BCUT2D eigenvalue weighted by Crippen LogP contribution is 2.16. The van der Waals surface area contributed by atoms with Crippen LogP contribution in [0.15, 0.2) is 29.2 Å². The molecule has 1 atom stereocenters. The maximum atomic E-state index is 12.4. The van der Waals surface area contributed by atoms with Crippen LogP contribution >= 0.6 is 11.6 Å². The van der Waals surface area contributed by atoms with Gasteiger partial charge in [-0.3, -0.25) is 9.59 Å². The number of carbonyl (C=O) groups excluding carboxylic acids is 1. The van der Waals surface area contributed by atoms with Gasteiger partial charge in [-0.1, -0.05) is 11.6 Å². The number of sulfone groups is 1. The van der Waals surface area contributed by atoms with Gasteiger partial charge in [-0.2, -0.15) is 0 Å². The molecule has 22 heavy (non-hydrogen) atoms. The Morgan fingerprint density at radius 2 is 2.14 bits per heavy atom. The van der Waals surface area contributed by atoms with Crippen LogP contribution in [-0.2, 0) is 9.84 Å². The van der Waals surface area contributed by atoms with Gasteiger partial charge in [0.1, 0.15) is 5.56 Å². The molecule has 2 aromatic rings. The Morgan fingerprint density at radius 1 is 1.36 bits per heavy atom. The molecule has 0 bridgehead atoms. The lowest BCUT2D eigenvalue weighted by Gasteiger charge is -2.10. The number of aromatic nitrogens is 1. The minimum atomic E-state index is -3.09. The van der Waals surface area contributed by atoms with Crippen molar-refractivity contribution in [3.63, 3.8) is 0 Å². The summed E-state index contributed by atoms with van der Waals surface area (Å²) in [5.41, 5.74) is 0.0862. The van der Waals surface area contributed by atoms with E-state index < -0.39 is 27.2 Å². The third kappa shape index (κ3) is 2.86. The van der Waals surface area contributed by atoms with Crippen LogP contribution in [-0.4, -0.2) is 36.9 Å². The van der Waals surface area contributed by atoms with Crippen molar-refractivity contribution in [2.24, 2.45) is 0 Å². The number of aromatic amines is 1. The van der Waals surface area contributed by atoms with Gasteiger partial charge >= 0.3 is 0 Å². The smallest absolute Gasteiger partial charge is 0.257 e. The molecule has 3 rings (SSSR count). The largest absolute Gasteiger partial charge is 0.360 e. The first-order valence-electron chi connectivity index (χ1n) is 6.68. The monoisotopic (exact) mass is 340 g/mol. The lowest BCUT2D eigenvalue weighted by Crippen LogP contribution is -2.38. The van der Waals surface area contributed by atoms with Gasteiger partial charge < -0.3 is 10.3 Å². The van der Waals surface area contributed by atoms with E-state index in [-0.39, 0.29) is 17.1 Å². The second-order valence-electron chi connectivity index (χ2n) is 5.29. The quantitative estimate of drug-likeness (QED) is 0.855. The van der Waals surface area contributed by atoms with Crippen molar-refractivity contribution >= 4 is 38.2 Å². The zero-order chi connectivity index (χ0) is 15.9. The van der Waals surface area contributed by atoms with E-state index in [2.05, 4.69) is 10.3 Å². The van der Waals surface area contributed by atoms with Crippen LogP contribution in [0.5, 0.6) is 0 Å². The number of hydrogen-bond acceptors (Lipinski definition) is 4. The second-order valence-corrected chi connectivity index (χ2v) is 7.96. The van der Waals surface area contributed by atoms with Gasteiger partial charge in [0.15, 0.2) is 9.84 Å². The molecule has 1 amide bonds. The van der Waals surface area contributed by atoms with Crippen LogP contribution in [0.2, 0.25) is 5.02 Å². The molecule has 6 nitrogen and oxygen atoms in total. The molecule has 2 N–H and O–H groups in total. The number of nitrogens with one attached hydrogen (secondary N) is 2. The predicted octanol–water partition coefficient (Wildman–Crippen LogP) is 1.10. The van der Waals surface area contributed by atoms with Gasteiger partial charge in [0, 0.05) is 28.2 Å². The van der Waals surface area contributed by atoms with Gasteiger partial charge in [0.25, 0.3) is 5.91 Å². The number of carbonyl (C=O) groups is 1. The predicted molar refractivity (Wildman–Crippen MR) is 84.1 cm³/mol. The summed E-state index contributed by atoms with van der Waals surface area (Å²) in [7, 11) is -3.09. The Balaban J connectivity index is 1.91. The van der Waals surface area contributed by atoms with Crippen LogP contribution < -0.4 is 10.7 Å². The maximum absolute atomic E-state index is 12.4.